The lowest BCUT2D eigenvalue weighted by atomic mass is 10.2. The third-order valence-corrected chi connectivity index (χ3v) is 5.60. The molecule has 0 saturated heterocycles. The fourth-order valence-electron chi connectivity index (χ4n) is 3.06. The van der Waals surface area contributed by atoms with E-state index in [0.717, 1.165) is 6.26 Å². The van der Waals surface area contributed by atoms with Crippen molar-refractivity contribution >= 4 is 45.2 Å². The number of nitrogens with one attached hydrogen (secondary N) is 2. The van der Waals surface area contributed by atoms with Crippen molar-refractivity contribution in [3.8, 4) is 11.4 Å². The minimum absolute atomic E-state index is 0.0285. The largest absolute Gasteiger partial charge is 0.441 e. The van der Waals surface area contributed by atoms with E-state index in [9.17, 15) is 18.0 Å². The van der Waals surface area contributed by atoms with Gasteiger partial charge in [-0.25, -0.2) is 14.5 Å². The molecule has 0 aliphatic carbocycles. The molecule has 3 aromatic heterocycles. The second-order valence-electron chi connectivity index (χ2n) is 7.77. The summed E-state index contributed by atoms with van der Waals surface area (Å²) in [6, 6.07) is 6.56. The number of amides is 2. The molecule has 0 unspecified atom stereocenters. The number of ether oxygens (including phenoxy) is 1. The summed E-state index contributed by atoms with van der Waals surface area (Å²) in [5, 5.41) is 13.5. The SMILES string of the molecule is C=C(CCC(=O)Nc1ccc(-c2nnn(C)c2NC(=O)O[C@H](C)c2cccnc2Cl)nc1)OS(C)(=O)=O. The molecule has 0 spiro atoms. The molecule has 3 heterocycles. The summed E-state index contributed by atoms with van der Waals surface area (Å²) >= 11 is 6.06. The molecule has 196 valence electrons. The molecule has 0 aliphatic heterocycles. The van der Waals surface area contributed by atoms with Crippen molar-refractivity contribution in [3.05, 3.63) is 59.7 Å². The Morgan fingerprint density at radius 3 is 2.59 bits per heavy atom. The molecule has 0 radical (unpaired) electrons. The Kier molecular flexibility index (Phi) is 8.78. The Bertz CT molecular complexity index is 1410. The van der Waals surface area contributed by atoms with Gasteiger partial charge in [-0.15, -0.1) is 5.10 Å². The molecule has 0 fully saturated rings. The summed E-state index contributed by atoms with van der Waals surface area (Å²) in [5.74, 6) is -0.186. The minimum atomic E-state index is -3.69. The van der Waals surface area contributed by atoms with E-state index in [2.05, 4.69) is 41.7 Å². The van der Waals surface area contributed by atoms with Crippen LogP contribution in [0.3, 0.4) is 0 Å². The summed E-state index contributed by atoms with van der Waals surface area (Å²) in [7, 11) is -2.10. The number of hydrogen-bond acceptors (Lipinski definition) is 10. The van der Waals surface area contributed by atoms with E-state index in [1.807, 2.05) is 0 Å². The average Bonchev–Trinajstić information content (AvgIpc) is 3.17. The zero-order chi connectivity index (χ0) is 27.2. The van der Waals surface area contributed by atoms with Gasteiger partial charge in [0, 0.05) is 31.6 Å². The van der Waals surface area contributed by atoms with Gasteiger partial charge in [-0.1, -0.05) is 29.5 Å². The van der Waals surface area contributed by atoms with Gasteiger partial charge >= 0.3 is 16.2 Å². The van der Waals surface area contributed by atoms with Crippen LogP contribution in [0.2, 0.25) is 5.15 Å². The molecule has 0 bridgehead atoms. The van der Waals surface area contributed by atoms with Gasteiger partial charge in [0.2, 0.25) is 5.91 Å². The molecule has 2 amide bonds. The summed E-state index contributed by atoms with van der Waals surface area (Å²) in [5.41, 5.74) is 1.59. The van der Waals surface area contributed by atoms with E-state index in [0.29, 0.717) is 16.9 Å². The molecule has 15 heteroatoms. The van der Waals surface area contributed by atoms with Crippen molar-refractivity contribution in [2.45, 2.75) is 25.9 Å². The molecule has 3 aromatic rings. The number of aryl methyl sites for hydroxylation is 1. The van der Waals surface area contributed by atoms with Gasteiger partial charge in [-0.2, -0.15) is 8.42 Å². The monoisotopic (exact) mass is 549 g/mol. The fourth-order valence-corrected chi connectivity index (χ4v) is 3.85. The number of pyridine rings is 2. The number of halogens is 1. The Morgan fingerprint density at radius 1 is 1.19 bits per heavy atom. The van der Waals surface area contributed by atoms with Crippen LogP contribution in [0.1, 0.15) is 31.4 Å². The summed E-state index contributed by atoms with van der Waals surface area (Å²) in [4.78, 5) is 32.9. The second kappa shape index (κ2) is 11.8. The van der Waals surface area contributed by atoms with Crippen molar-refractivity contribution in [1.29, 1.82) is 0 Å². The smallest absolute Gasteiger partial charge is 0.413 e. The summed E-state index contributed by atoms with van der Waals surface area (Å²) in [6.45, 7) is 5.13. The molecule has 13 nitrogen and oxygen atoms in total. The quantitative estimate of drug-likeness (QED) is 0.217. The zero-order valence-electron chi connectivity index (χ0n) is 20.1. The van der Waals surface area contributed by atoms with Crippen LogP contribution in [0.15, 0.2) is 49.0 Å². The highest BCUT2D eigenvalue weighted by Crippen LogP contribution is 2.27. The van der Waals surface area contributed by atoms with Crippen LogP contribution in [0.4, 0.5) is 16.3 Å². The van der Waals surface area contributed by atoms with Crippen molar-refractivity contribution in [2.24, 2.45) is 7.05 Å². The lowest BCUT2D eigenvalue weighted by Crippen LogP contribution is -2.18. The number of carbonyl (C=O) groups is 2. The molecule has 2 N–H and O–H groups in total. The number of rotatable bonds is 10. The first-order valence-corrected chi connectivity index (χ1v) is 12.9. The Hall–Kier alpha value is -4.04. The lowest BCUT2D eigenvalue weighted by Gasteiger charge is -2.15. The van der Waals surface area contributed by atoms with Crippen LogP contribution in [0, 0.1) is 0 Å². The fraction of sp³-hybridized carbons (Fsp3) is 0.273. The van der Waals surface area contributed by atoms with E-state index in [1.165, 1.54) is 17.1 Å². The highest BCUT2D eigenvalue weighted by atomic mass is 35.5. The van der Waals surface area contributed by atoms with Gasteiger partial charge in [-0.3, -0.25) is 15.1 Å². The second-order valence-corrected chi connectivity index (χ2v) is 9.71. The normalized spacial score (nSPS) is 11.9. The van der Waals surface area contributed by atoms with E-state index < -0.39 is 22.3 Å². The number of carbonyl (C=O) groups excluding carboxylic acids is 2. The standard InChI is InChI=1S/C22H24ClN7O6S/c1-13(36-37(4,33)34)7-10-18(31)26-15-8-9-17(25-12-15)19-21(30(3)29-28-19)27-22(32)35-14(2)16-6-5-11-24-20(16)23/h5-6,8-9,11-12,14H,1,7,10H2,2-4H3,(H,26,31)(H,27,32)/t14-/m1/s1. The number of nitrogens with zero attached hydrogens (tertiary/aromatic N) is 5. The van der Waals surface area contributed by atoms with E-state index >= 15 is 0 Å². The number of anilines is 2. The van der Waals surface area contributed by atoms with Crippen molar-refractivity contribution in [2.75, 3.05) is 16.9 Å². The Morgan fingerprint density at radius 2 is 1.95 bits per heavy atom. The molecular weight excluding hydrogens is 526 g/mol. The van der Waals surface area contributed by atoms with E-state index in [-0.39, 0.29) is 41.2 Å². The molecule has 3 rings (SSSR count). The van der Waals surface area contributed by atoms with E-state index in [4.69, 9.17) is 16.3 Å². The lowest BCUT2D eigenvalue weighted by molar-refractivity contribution is -0.116. The van der Waals surface area contributed by atoms with Gasteiger partial charge in [0.05, 0.1) is 23.8 Å². The van der Waals surface area contributed by atoms with Gasteiger partial charge < -0.3 is 14.2 Å². The summed E-state index contributed by atoms with van der Waals surface area (Å²) < 4.78 is 33.5. The summed E-state index contributed by atoms with van der Waals surface area (Å²) in [6.07, 6.45) is 2.39. The topological polar surface area (TPSA) is 167 Å². The molecule has 0 aliphatic rings. The number of aromatic nitrogens is 5. The number of allylic oxidation sites excluding steroid dienone is 1. The van der Waals surface area contributed by atoms with Gasteiger partial charge in [0.1, 0.15) is 17.0 Å². The highest BCUT2D eigenvalue weighted by molar-refractivity contribution is 7.86. The third kappa shape index (κ3) is 7.98. The third-order valence-electron chi connectivity index (χ3n) is 4.75. The Labute approximate surface area is 218 Å². The molecule has 0 saturated carbocycles. The van der Waals surface area contributed by atoms with E-state index in [1.54, 1.807) is 38.2 Å². The van der Waals surface area contributed by atoms with Crippen LogP contribution in [-0.4, -0.2) is 51.6 Å². The molecule has 0 aromatic carbocycles. The van der Waals surface area contributed by atoms with Crippen molar-refractivity contribution in [1.82, 2.24) is 25.0 Å². The van der Waals surface area contributed by atoms with Crippen LogP contribution in [0.25, 0.3) is 11.4 Å². The van der Waals surface area contributed by atoms with Crippen molar-refractivity contribution < 1.29 is 26.9 Å². The first-order chi connectivity index (χ1) is 17.4. The molecule has 37 heavy (non-hydrogen) atoms. The molecule has 1 atom stereocenters. The maximum atomic E-state index is 12.5. The van der Waals surface area contributed by atoms with Crippen LogP contribution >= 0.6 is 11.6 Å². The van der Waals surface area contributed by atoms with Crippen LogP contribution in [0.5, 0.6) is 0 Å². The van der Waals surface area contributed by atoms with Crippen LogP contribution < -0.4 is 10.6 Å². The van der Waals surface area contributed by atoms with Gasteiger partial charge in [-0.05, 0) is 25.1 Å². The molecular formula is C22H24ClN7O6S. The Balaban J connectivity index is 1.61. The highest BCUT2D eigenvalue weighted by Gasteiger charge is 2.20. The maximum Gasteiger partial charge on any atom is 0.413 e. The minimum Gasteiger partial charge on any atom is -0.441 e. The predicted octanol–water partition coefficient (Wildman–Crippen LogP) is 3.44. The first kappa shape index (κ1) is 27.5. The van der Waals surface area contributed by atoms with Gasteiger partial charge in [0.15, 0.2) is 11.5 Å². The maximum absolute atomic E-state index is 12.5. The van der Waals surface area contributed by atoms with Gasteiger partial charge in [0.25, 0.3) is 0 Å². The first-order valence-electron chi connectivity index (χ1n) is 10.7. The number of hydrogen-bond donors (Lipinski definition) is 2. The average molecular weight is 550 g/mol. The van der Waals surface area contributed by atoms with Crippen molar-refractivity contribution in [3.63, 3.8) is 0 Å². The van der Waals surface area contributed by atoms with Crippen LogP contribution in [-0.2, 0) is 30.9 Å². The zero-order valence-corrected chi connectivity index (χ0v) is 21.7. The predicted molar refractivity (Wildman–Crippen MR) is 135 cm³/mol.